The van der Waals surface area contributed by atoms with Gasteiger partial charge in [0.05, 0.1) is 18.4 Å². The van der Waals surface area contributed by atoms with Crippen molar-refractivity contribution in [3.63, 3.8) is 0 Å². The number of benzene rings is 2. The number of ether oxygens (including phenoxy) is 1. The lowest BCUT2D eigenvalue weighted by atomic mass is 9.99. The molecule has 0 radical (unpaired) electrons. The summed E-state index contributed by atoms with van der Waals surface area (Å²) in [4.78, 5) is 31.2. The summed E-state index contributed by atoms with van der Waals surface area (Å²) in [6, 6.07) is 12.9. The van der Waals surface area contributed by atoms with E-state index in [0.29, 0.717) is 52.7 Å². The Morgan fingerprint density at radius 3 is 2.51 bits per heavy atom. The molecule has 2 aromatic heterocycles. The first-order chi connectivity index (χ1) is 19.5. The fraction of sp³-hybridized carbons (Fsp3) is 0.250. The smallest absolute Gasteiger partial charge is 0.351 e. The van der Waals surface area contributed by atoms with Crippen molar-refractivity contribution in [1.82, 2.24) is 9.55 Å². The van der Waals surface area contributed by atoms with Gasteiger partial charge in [0.25, 0.3) is 15.7 Å². The molecular formula is C28H30FN5O6S. The molecule has 4 aromatic rings. The molecule has 2 amide bonds. The zero-order valence-corrected chi connectivity index (χ0v) is 23.8. The predicted octanol–water partition coefficient (Wildman–Crippen LogP) is 4.52. The number of fused-ring (bicyclic) bond motifs is 1. The highest BCUT2D eigenvalue weighted by molar-refractivity contribution is 7.86. The van der Waals surface area contributed by atoms with Crippen molar-refractivity contribution in [3.8, 4) is 11.1 Å². The van der Waals surface area contributed by atoms with E-state index in [0.717, 1.165) is 12.3 Å². The molecule has 216 valence electrons. The third-order valence-electron chi connectivity index (χ3n) is 6.13. The number of hydrogen-bond acceptors (Lipinski definition) is 8. The highest BCUT2D eigenvalue weighted by atomic mass is 32.2. The van der Waals surface area contributed by atoms with Crippen LogP contribution in [0.4, 0.5) is 26.4 Å². The van der Waals surface area contributed by atoms with Crippen molar-refractivity contribution in [3.05, 3.63) is 82.5 Å². The molecule has 13 heteroatoms. The van der Waals surface area contributed by atoms with Gasteiger partial charge in [-0.25, -0.2) is 14.2 Å². The predicted molar refractivity (Wildman–Crippen MR) is 156 cm³/mol. The fourth-order valence-corrected chi connectivity index (χ4v) is 4.70. The first-order valence-corrected chi connectivity index (χ1v) is 14.5. The standard InChI is InChI=1S/C28H30FN5O6S/c1-5-33-24-16-26(30-11-12-39-3)31-17-19(24)14-22(27(33)35)21-15-25(23(29)13-18(21)2)34(40-41(4,37)38)28(36)32-20-9-7-6-8-10-20/h6-10,13-17H,5,11-12H2,1-4H3,(H,30,31)(H,32,36). The van der Waals surface area contributed by atoms with Gasteiger partial charge < -0.3 is 19.9 Å². The molecule has 0 aliphatic rings. The topological polar surface area (TPSA) is 132 Å². The zero-order valence-electron chi connectivity index (χ0n) is 23.0. The van der Waals surface area contributed by atoms with Crippen molar-refractivity contribution in [2.45, 2.75) is 20.4 Å². The Balaban J connectivity index is 1.84. The van der Waals surface area contributed by atoms with E-state index in [1.54, 1.807) is 67.3 Å². The number of hydroxylamine groups is 1. The van der Waals surface area contributed by atoms with Gasteiger partial charge >= 0.3 is 6.03 Å². The van der Waals surface area contributed by atoms with Gasteiger partial charge in [0.2, 0.25) is 0 Å². The van der Waals surface area contributed by atoms with Crippen molar-refractivity contribution >= 4 is 44.2 Å². The number of pyridine rings is 2. The van der Waals surface area contributed by atoms with E-state index >= 15 is 4.39 Å². The minimum atomic E-state index is -4.26. The maximum absolute atomic E-state index is 15.3. The summed E-state index contributed by atoms with van der Waals surface area (Å²) >= 11 is 0. The van der Waals surface area contributed by atoms with E-state index in [9.17, 15) is 18.0 Å². The van der Waals surface area contributed by atoms with Gasteiger partial charge in [-0.3, -0.25) is 4.79 Å². The number of aromatic nitrogens is 2. The van der Waals surface area contributed by atoms with Gasteiger partial charge in [0.1, 0.15) is 17.3 Å². The molecule has 0 bridgehead atoms. The molecule has 0 aliphatic carbocycles. The number of anilines is 3. The van der Waals surface area contributed by atoms with Crippen LogP contribution in [-0.2, 0) is 25.7 Å². The molecule has 4 rings (SSSR count). The van der Waals surface area contributed by atoms with Gasteiger partial charge in [0, 0.05) is 49.1 Å². The molecule has 0 aliphatic heterocycles. The molecule has 0 fully saturated rings. The number of hydrogen-bond donors (Lipinski definition) is 2. The maximum atomic E-state index is 15.3. The molecule has 41 heavy (non-hydrogen) atoms. The molecule has 2 aromatic carbocycles. The number of rotatable bonds is 10. The summed E-state index contributed by atoms with van der Waals surface area (Å²) in [5, 5.41) is 6.59. The largest absolute Gasteiger partial charge is 0.383 e. The van der Waals surface area contributed by atoms with Gasteiger partial charge in [0.15, 0.2) is 0 Å². The summed E-state index contributed by atoms with van der Waals surface area (Å²) in [6.07, 6.45) is 2.35. The second-order valence-corrected chi connectivity index (χ2v) is 10.7. The molecular weight excluding hydrogens is 553 g/mol. The van der Waals surface area contributed by atoms with E-state index in [1.165, 1.54) is 6.07 Å². The van der Waals surface area contributed by atoms with Crippen LogP contribution in [0.5, 0.6) is 0 Å². The first kappa shape index (κ1) is 29.6. The number of urea groups is 1. The Morgan fingerprint density at radius 2 is 1.85 bits per heavy atom. The van der Waals surface area contributed by atoms with E-state index in [1.807, 2.05) is 6.92 Å². The lowest BCUT2D eigenvalue weighted by Gasteiger charge is -2.22. The van der Waals surface area contributed by atoms with Crippen molar-refractivity contribution < 1.29 is 26.6 Å². The van der Waals surface area contributed by atoms with Crippen molar-refractivity contribution in [2.75, 3.05) is 42.2 Å². The second kappa shape index (κ2) is 12.5. The summed E-state index contributed by atoms with van der Waals surface area (Å²) in [7, 11) is -2.67. The molecule has 0 saturated carbocycles. The Morgan fingerprint density at radius 1 is 1.12 bits per heavy atom. The first-order valence-electron chi connectivity index (χ1n) is 12.6. The molecule has 11 nitrogen and oxygen atoms in total. The molecule has 0 spiro atoms. The number of aryl methyl sites for hydroxylation is 2. The van der Waals surface area contributed by atoms with Gasteiger partial charge in [-0.05, 0) is 55.3 Å². The minimum absolute atomic E-state index is 0.211. The van der Waals surface area contributed by atoms with Crippen LogP contribution in [0.25, 0.3) is 22.0 Å². The molecule has 0 atom stereocenters. The van der Waals surface area contributed by atoms with E-state index in [4.69, 9.17) is 9.02 Å². The number of carbonyl (C=O) groups is 1. The lowest BCUT2D eigenvalue weighted by molar-refractivity contribution is 0.210. The molecule has 0 saturated heterocycles. The van der Waals surface area contributed by atoms with Crippen LogP contribution in [0.2, 0.25) is 0 Å². The van der Waals surface area contributed by atoms with Crippen LogP contribution in [0.1, 0.15) is 12.5 Å². The monoisotopic (exact) mass is 583 g/mol. The van der Waals surface area contributed by atoms with Crippen LogP contribution in [0, 0.1) is 12.7 Å². The van der Waals surface area contributed by atoms with E-state index in [-0.39, 0.29) is 16.7 Å². The number of para-hydroxylation sites is 1. The lowest BCUT2D eigenvalue weighted by Crippen LogP contribution is -2.37. The van der Waals surface area contributed by atoms with Crippen molar-refractivity contribution in [1.29, 1.82) is 0 Å². The highest BCUT2D eigenvalue weighted by Crippen LogP contribution is 2.32. The molecule has 2 heterocycles. The molecule has 2 N–H and O–H groups in total. The van der Waals surface area contributed by atoms with Gasteiger partial charge in [-0.15, -0.1) is 9.35 Å². The zero-order chi connectivity index (χ0) is 29.7. The summed E-state index contributed by atoms with van der Waals surface area (Å²) < 4.78 is 51.0. The quantitative estimate of drug-likeness (QED) is 0.206. The number of amides is 2. The highest BCUT2D eigenvalue weighted by Gasteiger charge is 2.27. The van der Waals surface area contributed by atoms with Crippen LogP contribution in [-0.4, -0.2) is 50.5 Å². The van der Waals surface area contributed by atoms with Crippen LogP contribution in [0.3, 0.4) is 0 Å². The number of nitrogens with zero attached hydrogens (tertiary/aromatic N) is 3. The summed E-state index contributed by atoms with van der Waals surface area (Å²) in [5.41, 5.74) is 0.993. The van der Waals surface area contributed by atoms with E-state index < -0.39 is 27.7 Å². The third kappa shape index (κ3) is 6.88. The summed E-state index contributed by atoms with van der Waals surface area (Å²) in [5.74, 6) is -0.356. The normalized spacial score (nSPS) is 11.4. The Hall–Kier alpha value is -4.33. The second-order valence-electron chi connectivity index (χ2n) is 9.14. The summed E-state index contributed by atoms with van der Waals surface area (Å²) in [6.45, 7) is 4.77. The van der Waals surface area contributed by atoms with Gasteiger partial charge in [-0.1, -0.05) is 18.2 Å². The Kier molecular flexibility index (Phi) is 9.01. The third-order valence-corrected chi connectivity index (χ3v) is 6.55. The number of halogens is 1. The van der Waals surface area contributed by atoms with E-state index in [2.05, 4.69) is 15.6 Å². The van der Waals surface area contributed by atoms with Crippen molar-refractivity contribution in [2.24, 2.45) is 0 Å². The Labute approximate surface area is 236 Å². The maximum Gasteiger partial charge on any atom is 0.351 e. The number of nitrogens with one attached hydrogen (secondary N) is 2. The SMILES string of the molecule is CCn1c(=O)c(-c2cc(N(OS(C)(=O)=O)C(=O)Nc3ccccc3)c(F)cc2C)cc2cnc(NCCOC)cc21. The number of methoxy groups -OCH3 is 1. The van der Waals surface area contributed by atoms with Crippen LogP contribution < -0.4 is 21.3 Å². The average Bonchev–Trinajstić information content (AvgIpc) is 2.92. The fourth-order valence-electron chi connectivity index (χ4n) is 4.28. The van der Waals surface area contributed by atoms with Gasteiger partial charge in [-0.2, -0.15) is 8.42 Å². The number of carbonyl (C=O) groups excluding carboxylic acids is 1. The Bertz CT molecular complexity index is 1740. The molecule has 0 unspecified atom stereocenters. The van der Waals surface area contributed by atoms with Crippen LogP contribution >= 0.6 is 0 Å². The average molecular weight is 584 g/mol. The van der Waals surface area contributed by atoms with Crippen LogP contribution in [0.15, 0.2) is 65.6 Å². The minimum Gasteiger partial charge on any atom is -0.383 e.